The molecule has 2 aromatic rings. The molecule has 150 valence electrons. The van der Waals surface area contributed by atoms with Crippen molar-refractivity contribution in [2.75, 3.05) is 26.9 Å². The van der Waals surface area contributed by atoms with Crippen LogP contribution in [0.25, 0.3) is 0 Å². The Morgan fingerprint density at radius 3 is 2.69 bits per heavy atom. The summed E-state index contributed by atoms with van der Waals surface area (Å²) in [7, 11) is 2.16. The fourth-order valence-corrected chi connectivity index (χ4v) is 4.98. The Labute approximate surface area is 174 Å². The van der Waals surface area contributed by atoms with Crippen molar-refractivity contribution in [3.8, 4) is 17.2 Å². The van der Waals surface area contributed by atoms with Crippen LogP contribution in [0.4, 0.5) is 0 Å². The van der Waals surface area contributed by atoms with E-state index in [9.17, 15) is 0 Å². The number of hydrazone groups is 1. The van der Waals surface area contributed by atoms with Gasteiger partial charge < -0.3 is 19.1 Å². The summed E-state index contributed by atoms with van der Waals surface area (Å²) < 4.78 is 17.7. The van der Waals surface area contributed by atoms with Gasteiger partial charge in [-0.05, 0) is 43.4 Å². The first-order chi connectivity index (χ1) is 14.1. The lowest BCUT2D eigenvalue weighted by molar-refractivity contribution is -0.147. The highest BCUT2D eigenvalue weighted by molar-refractivity contribution is 6.30. The minimum atomic E-state index is -0.407. The fraction of sp³-hybridized carbons (Fsp3) is 0.409. The maximum atomic E-state index is 6.62. The second kappa shape index (κ2) is 6.28. The van der Waals surface area contributed by atoms with Crippen LogP contribution < -0.4 is 14.2 Å². The maximum Gasteiger partial charge on any atom is 0.231 e. The molecule has 6 rings (SSSR count). The average Bonchev–Trinajstić information content (AvgIpc) is 3.38. The van der Waals surface area contributed by atoms with Crippen LogP contribution >= 0.6 is 11.6 Å². The Bertz CT molecular complexity index is 1020. The Hall–Kier alpha value is -2.44. The first kappa shape index (κ1) is 17.4. The highest BCUT2D eigenvalue weighted by Crippen LogP contribution is 2.50. The Kier molecular flexibility index (Phi) is 3.77. The van der Waals surface area contributed by atoms with Crippen molar-refractivity contribution in [3.05, 3.63) is 52.5 Å². The summed E-state index contributed by atoms with van der Waals surface area (Å²) in [6, 6.07) is 12.1. The molecule has 4 aliphatic rings. The number of hydrogen-bond donors (Lipinski definition) is 0. The summed E-state index contributed by atoms with van der Waals surface area (Å²) in [5.74, 6) is 2.50. The molecule has 0 bridgehead atoms. The van der Waals surface area contributed by atoms with Crippen molar-refractivity contribution in [3.63, 3.8) is 0 Å². The molecule has 0 amide bonds. The van der Waals surface area contributed by atoms with Crippen molar-refractivity contribution in [2.45, 2.75) is 31.0 Å². The van der Waals surface area contributed by atoms with Crippen molar-refractivity contribution in [2.24, 2.45) is 5.10 Å². The third kappa shape index (κ3) is 2.69. The van der Waals surface area contributed by atoms with Gasteiger partial charge in [-0.2, -0.15) is 5.10 Å². The Balaban J connectivity index is 1.43. The van der Waals surface area contributed by atoms with E-state index in [-0.39, 0.29) is 12.8 Å². The molecule has 1 spiro atoms. The number of piperidine rings is 1. The van der Waals surface area contributed by atoms with Gasteiger partial charge in [0.05, 0.1) is 11.8 Å². The number of hydrogen-bond acceptors (Lipinski definition) is 6. The zero-order chi connectivity index (χ0) is 19.6. The molecular formula is C22H22ClN3O3. The normalized spacial score (nSPS) is 24.1. The molecule has 1 fully saturated rings. The molecule has 0 radical (unpaired) electrons. The molecule has 29 heavy (non-hydrogen) atoms. The van der Waals surface area contributed by atoms with Gasteiger partial charge in [0.2, 0.25) is 12.5 Å². The standard InChI is InChI=1S/C22H22ClN3O3/c1-25-8-6-22(7-9-25)26-18(16-11-15(23)3-5-19(16)29-22)12-17(24-26)14-2-4-20-21(10-14)28-13-27-20/h2-5,10-11,18H,6-9,12-13H2,1H3. The van der Waals surface area contributed by atoms with Gasteiger partial charge in [0, 0.05) is 48.5 Å². The van der Waals surface area contributed by atoms with Crippen LogP contribution in [-0.2, 0) is 0 Å². The summed E-state index contributed by atoms with van der Waals surface area (Å²) in [5.41, 5.74) is 2.82. The third-order valence-electron chi connectivity index (χ3n) is 6.43. The molecule has 6 nitrogen and oxygen atoms in total. The molecule has 0 saturated carbocycles. The van der Waals surface area contributed by atoms with Gasteiger partial charge in [-0.15, -0.1) is 0 Å². The molecule has 4 heterocycles. The van der Waals surface area contributed by atoms with Crippen molar-refractivity contribution in [1.29, 1.82) is 0 Å². The summed E-state index contributed by atoms with van der Waals surface area (Å²) in [4.78, 5) is 2.35. The summed E-state index contributed by atoms with van der Waals surface area (Å²) in [6.07, 6.45) is 2.65. The zero-order valence-corrected chi connectivity index (χ0v) is 17.0. The number of fused-ring (bicyclic) bond motifs is 5. The highest BCUT2D eigenvalue weighted by Gasteiger charge is 2.51. The number of halogens is 1. The van der Waals surface area contributed by atoms with Gasteiger partial charge in [0.1, 0.15) is 5.75 Å². The van der Waals surface area contributed by atoms with Crippen LogP contribution in [0.3, 0.4) is 0 Å². The van der Waals surface area contributed by atoms with Crippen LogP contribution in [0.1, 0.15) is 36.4 Å². The van der Waals surface area contributed by atoms with Gasteiger partial charge in [0.15, 0.2) is 11.5 Å². The lowest BCUT2D eigenvalue weighted by Crippen LogP contribution is -2.58. The van der Waals surface area contributed by atoms with E-state index in [2.05, 4.69) is 23.0 Å². The smallest absolute Gasteiger partial charge is 0.231 e. The van der Waals surface area contributed by atoms with Gasteiger partial charge in [-0.25, -0.2) is 5.01 Å². The number of nitrogens with zero attached hydrogens (tertiary/aromatic N) is 3. The Morgan fingerprint density at radius 2 is 1.83 bits per heavy atom. The summed E-state index contributed by atoms with van der Waals surface area (Å²) in [6.45, 7) is 2.25. The topological polar surface area (TPSA) is 46.5 Å². The van der Waals surface area contributed by atoms with Crippen molar-refractivity contribution >= 4 is 17.3 Å². The van der Waals surface area contributed by atoms with E-state index >= 15 is 0 Å². The van der Waals surface area contributed by atoms with Crippen LogP contribution in [0.2, 0.25) is 5.02 Å². The number of ether oxygens (including phenoxy) is 3. The predicted octanol–water partition coefficient (Wildman–Crippen LogP) is 4.03. The molecule has 2 aromatic carbocycles. The van der Waals surface area contributed by atoms with E-state index in [0.29, 0.717) is 0 Å². The first-order valence-corrected chi connectivity index (χ1v) is 10.4. The lowest BCUT2D eigenvalue weighted by Gasteiger charge is -2.50. The van der Waals surface area contributed by atoms with Crippen LogP contribution in [-0.4, -0.2) is 48.3 Å². The minimum absolute atomic E-state index is 0.126. The fourth-order valence-electron chi connectivity index (χ4n) is 4.80. The van der Waals surface area contributed by atoms with Crippen molar-refractivity contribution in [1.82, 2.24) is 9.91 Å². The predicted molar refractivity (Wildman–Crippen MR) is 110 cm³/mol. The average molecular weight is 412 g/mol. The van der Waals surface area contributed by atoms with E-state index in [0.717, 1.165) is 71.5 Å². The molecule has 7 heteroatoms. The quantitative estimate of drug-likeness (QED) is 0.708. The second-order valence-electron chi connectivity index (χ2n) is 8.21. The van der Waals surface area contributed by atoms with Crippen LogP contribution in [0, 0.1) is 0 Å². The summed E-state index contributed by atoms with van der Waals surface area (Å²) >= 11 is 6.33. The van der Waals surface area contributed by atoms with Gasteiger partial charge in [-0.1, -0.05) is 11.6 Å². The monoisotopic (exact) mass is 411 g/mol. The minimum Gasteiger partial charge on any atom is -0.466 e. The number of likely N-dealkylation sites (tertiary alicyclic amines) is 1. The third-order valence-corrected chi connectivity index (χ3v) is 6.67. The molecule has 0 aromatic heterocycles. The zero-order valence-electron chi connectivity index (χ0n) is 16.2. The molecule has 0 N–H and O–H groups in total. The molecule has 1 saturated heterocycles. The number of benzene rings is 2. The molecule has 1 atom stereocenters. The van der Waals surface area contributed by atoms with E-state index in [1.165, 1.54) is 0 Å². The number of rotatable bonds is 1. The van der Waals surface area contributed by atoms with Crippen molar-refractivity contribution < 1.29 is 14.2 Å². The molecular weight excluding hydrogens is 390 g/mol. The van der Waals surface area contributed by atoms with E-state index < -0.39 is 5.72 Å². The second-order valence-corrected chi connectivity index (χ2v) is 8.65. The van der Waals surface area contributed by atoms with Crippen LogP contribution in [0.5, 0.6) is 17.2 Å². The molecule has 4 aliphatic heterocycles. The van der Waals surface area contributed by atoms with E-state index in [1.54, 1.807) is 0 Å². The van der Waals surface area contributed by atoms with E-state index in [4.69, 9.17) is 30.9 Å². The van der Waals surface area contributed by atoms with Gasteiger partial charge >= 0.3 is 0 Å². The first-order valence-electron chi connectivity index (χ1n) is 10.1. The van der Waals surface area contributed by atoms with Crippen LogP contribution in [0.15, 0.2) is 41.5 Å². The summed E-state index contributed by atoms with van der Waals surface area (Å²) in [5, 5.41) is 8.04. The molecule has 1 unspecified atom stereocenters. The van der Waals surface area contributed by atoms with E-state index in [1.807, 2.05) is 30.3 Å². The maximum absolute atomic E-state index is 6.62. The molecule has 0 aliphatic carbocycles. The largest absolute Gasteiger partial charge is 0.466 e. The lowest BCUT2D eigenvalue weighted by atomic mass is 9.91. The Morgan fingerprint density at radius 1 is 1.03 bits per heavy atom. The highest BCUT2D eigenvalue weighted by atomic mass is 35.5. The van der Waals surface area contributed by atoms with Gasteiger partial charge in [0.25, 0.3) is 0 Å². The SMILES string of the molecule is CN1CCC2(CC1)Oc1ccc(Cl)cc1C1CC(c3ccc4c(c3)OCO4)=NN12. The van der Waals surface area contributed by atoms with Gasteiger partial charge in [-0.3, -0.25) is 0 Å².